The number of nitrogens with one attached hydrogen (secondary N) is 1. The van der Waals surface area contributed by atoms with E-state index in [4.69, 9.17) is 16.3 Å². The molecule has 138 valence electrons. The quantitative estimate of drug-likeness (QED) is 0.899. The molecule has 1 N–H and O–H groups in total. The van der Waals surface area contributed by atoms with Gasteiger partial charge in [0.05, 0.1) is 23.3 Å². The lowest BCUT2D eigenvalue weighted by molar-refractivity contribution is -0.0581. The number of benzene rings is 1. The number of amides is 1. The zero-order valence-electron chi connectivity index (χ0n) is 15.0. The van der Waals surface area contributed by atoms with Crippen LogP contribution in [0, 0.1) is 5.92 Å². The molecule has 1 aliphatic carbocycles. The summed E-state index contributed by atoms with van der Waals surface area (Å²) in [5.74, 6) is 0.745. The normalized spacial score (nSPS) is 29.1. The average molecular weight is 374 g/mol. The van der Waals surface area contributed by atoms with Gasteiger partial charge < -0.3 is 14.6 Å². The van der Waals surface area contributed by atoms with Crippen molar-refractivity contribution in [3.05, 3.63) is 35.0 Å². The van der Waals surface area contributed by atoms with Gasteiger partial charge in [0.15, 0.2) is 0 Å². The highest BCUT2D eigenvalue weighted by Gasteiger charge is 2.42. The van der Waals surface area contributed by atoms with Crippen molar-refractivity contribution in [2.45, 2.75) is 37.5 Å². The molecular formula is C20H24ClN3O2. The van der Waals surface area contributed by atoms with E-state index in [-0.39, 0.29) is 11.9 Å². The van der Waals surface area contributed by atoms with Gasteiger partial charge >= 0.3 is 0 Å². The molecule has 0 bridgehead atoms. The Kier molecular flexibility index (Phi) is 3.99. The number of rotatable bonds is 3. The van der Waals surface area contributed by atoms with Gasteiger partial charge in [-0.2, -0.15) is 0 Å². The summed E-state index contributed by atoms with van der Waals surface area (Å²) in [5, 5.41) is 4.90. The monoisotopic (exact) mass is 373 g/mol. The van der Waals surface area contributed by atoms with E-state index in [0.29, 0.717) is 22.9 Å². The van der Waals surface area contributed by atoms with Crippen LogP contribution in [0.25, 0.3) is 10.9 Å². The van der Waals surface area contributed by atoms with Gasteiger partial charge in [-0.25, -0.2) is 0 Å². The van der Waals surface area contributed by atoms with Crippen molar-refractivity contribution in [2.24, 2.45) is 13.0 Å². The standard InChI is InChI=1S/C20H24ClN3O2/c1-23-17(7-13-3-2-4-16(21)19(13)23)20(25)22-14-8-15-11-26-18(12-5-6-12)10-24(15)9-14/h2-4,7,12,14-15,18H,5-6,8-11H2,1H3,(H,22,25)/t14-,15+,18+/m1/s1. The Balaban J connectivity index is 1.29. The molecule has 0 radical (unpaired) electrons. The Morgan fingerprint density at radius 2 is 2.15 bits per heavy atom. The summed E-state index contributed by atoms with van der Waals surface area (Å²) in [6, 6.07) is 8.31. The van der Waals surface area contributed by atoms with E-state index < -0.39 is 0 Å². The van der Waals surface area contributed by atoms with Crippen LogP contribution in [0.2, 0.25) is 5.02 Å². The van der Waals surface area contributed by atoms with Crippen LogP contribution in [-0.4, -0.2) is 53.3 Å². The Hall–Kier alpha value is -1.56. The minimum absolute atomic E-state index is 0.0238. The molecule has 2 aliphatic heterocycles. The van der Waals surface area contributed by atoms with Crippen molar-refractivity contribution < 1.29 is 9.53 Å². The lowest BCUT2D eigenvalue weighted by atomic mass is 10.1. The number of halogens is 1. The fraction of sp³-hybridized carbons (Fsp3) is 0.550. The van der Waals surface area contributed by atoms with Crippen molar-refractivity contribution in [2.75, 3.05) is 19.7 Å². The number of fused-ring (bicyclic) bond motifs is 2. The van der Waals surface area contributed by atoms with Crippen LogP contribution < -0.4 is 5.32 Å². The molecule has 2 saturated heterocycles. The summed E-state index contributed by atoms with van der Waals surface area (Å²) < 4.78 is 7.94. The van der Waals surface area contributed by atoms with E-state index in [1.807, 2.05) is 35.9 Å². The fourth-order valence-corrected chi connectivity index (χ4v) is 4.91. The molecule has 6 heteroatoms. The van der Waals surface area contributed by atoms with E-state index >= 15 is 0 Å². The molecule has 0 unspecified atom stereocenters. The van der Waals surface area contributed by atoms with Crippen LogP contribution in [0.3, 0.4) is 0 Å². The van der Waals surface area contributed by atoms with Gasteiger partial charge in [0.2, 0.25) is 0 Å². The number of carbonyl (C=O) groups is 1. The van der Waals surface area contributed by atoms with E-state index in [2.05, 4.69) is 10.2 Å². The molecule has 1 saturated carbocycles. The number of para-hydroxylation sites is 1. The third-order valence-electron chi connectivity index (χ3n) is 6.17. The second kappa shape index (κ2) is 6.25. The zero-order valence-corrected chi connectivity index (χ0v) is 15.7. The van der Waals surface area contributed by atoms with E-state index in [1.165, 1.54) is 12.8 Å². The number of morpholine rings is 1. The number of carbonyl (C=O) groups excluding carboxylic acids is 1. The summed E-state index contributed by atoms with van der Waals surface area (Å²) in [6.07, 6.45) is 3.99. The first-order chi connectivity index (χ1) is 12.6. The second-order valence-corrected chi connectivity index (χ2v) is 8.40. The van der Waals surface area contributed by atoms with Gasteiger partial charge in [-0.3, -0.25) is 9.69 Å². The largest absolute Gasteiger partial charge is 0.375 e. The predicted molar refractivity (Wildman–Crippen MR) is 102 cm³/mol. The van der Waals surface area contributed by atoms with Crippen LogP contribution >= 0.6 is 11.6 Å². The molecule has 5 nitrogen and oxygen atoms in total. The zero-order chi connectivity index (χ0) is 17.8. The molecule has 5 rings (SSSR count). The molecule has 1 amide bonds. The molecule has 1 aromatic heterocycles. The lowest BCUT2D eigenvalue weighted by Gasteiger charge is -2.35. The van der Waals surface area contributed by atoms with Gasteiger partial charge in [-0.1, -0.05) is 23.7 Å². The highest BCUT2D eigenvalue weighted by molar-refractivity contribution is 6.35. The van der Waals surface area contributed by atoms with E-state index in [0.717, 1.165) is 42.9 Å². The van der Waals surface area contributed by atoms with Crippen molar-refractivity contribution in [3.8, 4) is 0 Å². The first kappa shape index (κ1) is 16.6. The van der Waals surface area contributed by atoms with Crippen molar-refractivity contribution >= 4 is 28.4 Å². The maximum Gasteiger partial charge on any atom is 0.268 e. The SMILES string of the molecule is Cn1c(C(=O)N[C@@H]2C[C@H]3CO[C@H](C4CC4)CN3C2)cc2cccc(Cl)c21. The van der Waals surface area contributed by atoms with Crippen LogP contribution in [-0.2, 0) is 11.8 Å². The molecule has 26 heavy (non-hydrogen) atoms. The number of nitrogens with zero attached hydrogens (tertiary/aromatic N) is 2. The van der Waals surface area contributed by atoms with Gasteiger partial charge in [0.25, 0.3) is 5.91 Å². The molecule has 3 fully saturated rings. The fourth-order valence-electron chi connectivity index (χ4n) is 4.60. The number of hydrogen-bond donors (Lipinski definition) is 1. The van der Waals surface area contributed by atoms with Gasteiger partial charge in [0.1, 0.15) is 5.69 Å². The van der Waals surface area contributed by atoms with Crippen LogP contribution in [0.5, 0.6) is 0 Å². The van der Waals surface area contributed by atoms with Gasteiger partial charge in [-0.15, -0.1) is 0 Å². The summed E-state index contributed by atoms with van der Waals surface area (Å²) in [4.78, 5) is 15.4. The van der Waals surface area contributed by atoms with E-state index in [9.17, 15) is 4.79 Å². The van der Waals surface area contributed by atoms with Gasteiger partial charge in [-0.05, 0) is 37.3 Å². The van der Waals surface area contributed by atoms with Crippen LogP contribution in [0.15, 0.2) is 24.3 Å². The third-order valence-corrected chi connectivity index (χ3v) is 6.47. The first-order valence-corrected chi connectivity index (χ1v) is 9.88. The maximum atomic E-state index is 12.9. The number of aromatic nitrogens is 1. The average Bonchev–Trinajstić information content (AvgIpc) is 3.30. The van der Waals surface area contributed by atoms with E-state index in [1.54, 1.807) is 0 Å². The van der Waals surface area contributed by atoms with Crippen LogP contribution in [0.1, 0.15) is 29.8 Å². The predicted octanol–water partition coefficient (Wildman–Crippen LogP) is 2.81. The number of hydrogen-bond acceptors (Lipinski definition) is 3. The Morgan fingerprint density at radius 1 is 1.31 bits per heavy atom. The summed E-state index contributed by atoms with van der Waals surface area (Å²) in [6.45, 7) is 2.75. The topological polar surface area (TPSA) is 46.5 Å². The first-order valence-electron chi connectivity index (χ1n) is 9.50. The second-order valence-electron chi connectivity index (χ2n) is 7.99. The van der Waals surface area contributed by atoms with Crippen molar-refractivity contribution in [1.29, 1.82) is 0 Å². The summed E-state index contributed by atoms with van der Waals surface area (Å²) in [5.41, 5.74) is 1.56. The minimum atomic E-state index is -0.0238. The summed E-state index contributed by atoms with van der Waals surface area (Å²) in [7, 11) is 1.90. The smallest absolute Gasteiger partial charge is 0.268 e. The van der Waals surface area contributed by atoms with Crippen molar-refractivity contribution in [1.82, 2.24) is 14.8 Å². The minimum Gasteiger partial charge on any atom is -0.375 e. The summed E-state index contributed by atoms with van der Waals surface area (Å²) >= 11 is 6.30. The number of ether oxygens (including phenoxy) is 1. The maximum absolute atomic E-state index is 12.9. The molecule has 3 aliphatic rings. The highest BCUT2D eigenvalue weighted by Crippen LogP contribution is 2.38. The molecule has 3 heterocycles. The molecule has 3 atom stereocenters. The molecule has 1 aromatic carbocycles. The molecular weight excluding hydrogens is 350 g/mol. The number of aryl methyl sites for hydroxylation is 1. The van der Waals surface area contributed by atoms with Crippen molar-refractivity contribution in [3.63, 3.8) is 0 Å². The third kappa shape index (κ3) is 2.82. The molecule has 2 aromatic rings. The Bertz CT molecular complexity index is 860. The Morgan fingerprint density at radius 3 is 2.92 bits per heavy atom. The lowest BCUT2D eigenvalue weighted by Crippen LogP contribution is -2.47. The van der Waals surface area contributed by atoms with Crippen LogP contribution in [0.4, 0.5) is 0 Å². The highest BCUT2D eigenvalue weighted by atomic mass is 35.5. The molecule has 0 spiro atoms. The Labute approximate surface area is 158 Å². The van der Waals surface area contributed by atoms with Gasteiger partial charge in [0, 0.05) is 37.6 Å².